The second-order valence-corrected chi connectivity index (χ2v) is 23.6. The van der Waals surface area contributed by atoms with E-state index in [1.54, 1.807) is 0 Å². The number of benzene rings is 8. The van der Waals surface area contributed by atoms with Crippen LogP contribution < -0.4 is 37.9 Å². The number of para-hydroxylation sites is 4. The molecule has 0 saturated heterocycles. The standard InChI is InChI=1S/C82H96N2O8/c83-65-67-33-37-69(38-34-67)71-41-49-75(50-42-71)85-57-21-9-1-5-13-25-61-89-79-29-17-19-31-81(79)91-63-27-15-7-3-11-23-59-87-77-53-45-73(46-54-77)74-47-55-78(56-48-74)88-60-24-12-4-8-16-28-64-92-82-32-20-18-30-80(82)90-62-26-14-6-2-10-22-58-86-76-51-43-72(44-52-76)70-39-35-68(66-84)36-40-70/h17-20,29-56H,1-16,21-28,57-64H2. The van der Waals surface area contributed by atoms with Crippen molar-refractivity contribution in [3.8, 4) is 91.5 Å². The highest BCUT2D eigenvalue weighted by atomic mass is 16.5. The number of nitrogens with zero attached hydrogens (tertiary/aromatic N) is 2. The number of nitriles is 2. The highest BCUT2D eigenvalue weighted by Gasteiger charge is 2.09. The van der Waals surface area contributed by atoms with Gasteiger partial charge in [-0.15, -0.1) is 0 Å². The van der Waals surface area contributed by atoms with Gasteiger partial charge in [0.15, 0.2) is 23.0 Å². The summed E-state index contributed by atoms with van der Waals surface area (Å²) in [6.07, 6.45) is 27.1. The van der Waals surface area contributed by atoms with Crippen LogP contribution in [0.5, 0.6) is 46.0 Å². The third-order valence-electron chi connectivity index (χ3n) is 16.4. The summed E-state index contributed by atoms with van der Waals surface area (Å²) in [5.41, 5.74) is 8.09. The van der Waals surface area contributed by atoms with Gasteiger partial charge in [0, 0.05) is 0 Å². The van der Waals surface area contributed by atoms with Gasteiger partial charge in [-0.1, -0.05) is 200 Å². The molecule has 8 aromatic rings. The summed E-state index contributed by atoms with van der Waals surface area (Å²) >= 11 is 0. The Bertz CT molecular complexity index is 3110. The fourth-order valence-corrected chi connectivity index (χ4v) is 11.0. The second-order valence-electron chi connectivity index (χ2n) is 23.6. The molecule has 0 saturated carbocycles. The van der Waals surface area contributed by atoms with E-state index in [-0.39, 0.29) is 0 Å². The van der Waals surface area contributed by atoms with Gasteiger partial charge in [0.2, 0.25) is 0 Å². The van der Waals surface area contributed by atoms with Gasteiger partial charge < -0.3 is 37.9 Å². The van der Waals surface area contributed by atoms with Crippen LogP contribution in [0.15, 0.2) is 194 Å². The average molecular weight is 1240 g/mol. The molecule has 10 heteroatoms. The monoisotopic (exact) mass is 1240 g/mol. The van der Waals surface area contributed by atoms with E-state index in [9.17, 15) is 0 Å². The number of hydrogen-bond donors (Lipinski definition) is 0. The van der Waals surface area contributed by atoms with E-state index in [0.717, 1.165) is 197 Å². The Labute approximate surface area is 549 Å². The summed E-state index contributed by atoms with van der Waals surface area (Å²) in [5, 5.41) is 18.1. The molecule has 0 aliphatic heterocycles. The lowest BCUT2D eigenvalue weighted by Crippen LogP contribution is -2.02. The lowest BCUT2D eigenvalue weighted by Gasteiger charge is -2.13. The van der Waals surface area contributed by atoms with Crippen LogP contribution in [-0.4, -0.2) is 52.9 Å². The third kappa shape index (κ3) is 26.2. The largest absolute Gasteiger partial charge is 0.494 e. The zero-order chi connectivity index (χ0) is 63.6. The Morgan fingerprint density at radius 3 is 0.533 bits per heavy atom. The van der Waals surface area contributed by atoms with Gasteiger partial charge in [0.1, 0.15) is 23.0 Å². The van der Waals surface area contributed by atoms with Crippen LogP contribution in [0.3, 0.4) is 0 Å². The highest BCUT2D eigenvalue weighted by Crippen LogP contribution is 2.31. The fraction of sp³-hybridized carbons (Fsp3) is 0.390. The minimum absolute atomic E-state index is 0.670. The van der Waals surface area contributed by atoms with Crippen LogP contribution in [0.4, 0.5) is 0 Å². The molecule has 0 aliphatic rings. The van der Waals surface area contributed by atoms with Crippen molar-refractivity contribution >= 4 is 0 Å². The topological polar surface area (TPSA) is 121 Å². The molecule has 0 radical (unpaired) electrons. The van der Waals surface area contributed by atoms with E-state index < -0.39 is 0 Å². The van der Waals surface area contributed by atoms with Crippen LogP contribution in [0.2, 0.25) is 0 Å². The minimum Gasteiger partial charge on any atom is -0.494 e. The molecule has 0 spiro atoms. The van der Waals surface area contributed by atoms with Crippen LogP contribution in [0.1, 0.15) is 165 Å². The van der Waals surface area contributed by atoms with E-state index >= 15 is 0 Å². The molecule has 0 unspecified atom stereocenters. The van der Waals surface area contributed by atoms with E-state index in [0.29, 0.717) is 37.6 Å². The van der Waals surface area contributed by atoms with Crippen molar-refractivity contribution in [1.29, 1.82) is 10.5 Å². The minimum atomic E-state index is 0.670. The van der Waals surface area contributed by atoms with Gasteiger partial charge in [-0.3, -0.25) is 0 Å². The smallest absolute Gasteiger partial charge is 0.161 e. The van der Waals surface area contributed by atoms with Crippen LogP contribution in [0.25, 0.3) is 33.4 Å². The molecule has 10 nitrogen and oxygen atoms in total. The van der Waals surface area contributed by atoms with Crippen LogP contribution >= 0.6 is 0 Å². The van der Waals surface area contributed by atoms with Gasteiger partial charge >= 0.3 is 0 Å². The summed E-state index contributed by atoms with van der Waals surface area (Å²) in [6.45, 7) is 5.71. The van der Waals surface area contributed by atoms with E-state index in [4.69, 9.17) is 48.4 Å². The van der Waals surface area contributed by atoms with Crippen molar-refractivity contribution in [3.63, 3.8) is 0 Å². The summed E-state index contributed by atoms with van der Waals surface area (Å²) in [7, 11) is 0. The van der Waals surface area contributed by atoms with Crippen LogP contribution in [-0.2, 0) is 0 Å². The summed E-state index contributed by atoms with van der Waals surface area (Å²) in [4.78, 5) is 0. The lowest BCUT2D eigenvalue weighted by atomic mass is 10.0. The predicted molar refractivity (Wildman–Crippen MR) is 373 cm³/mol. The first-order chi connectivity index (χ1) is 45.6. The second kappa shape index (κ2) is 42.2. The maximum absolute atomic E-state index is 9.04. The molecule has 8 rings (SSSR count). The highest BCUT2D eigenvalue weighted by molar-refractivity contribution is 5.67. The van der Waals surface area contributed by atoms with Crippen molar-refractivity contribution < 1.29 is 37.9 Å². The lowest BCUT2D eigenvalue weighted by molar-refractivity contribution is 0.257. The molecule has 0 aliphatic carbocycles. The number of rotatable bonds is 47. The van der Waals surface area contributed by atoms with Gasteiger partial charge in [0.05, 0.1) is 76.1 Å². The first kappa shape index (κ1) is 69.0. The first-order valence-corrected chi connectivity index (χ1v) is 34.2. The molecular weight excluding hydrogens is 1140 g/mol. The average Bonchev–Trinajstić information content (AvgIpc) is 3.69. The predicted octanol–water partition coefficient (Wildman–Crippen LogP) is 21.6. The van der Waals surface area contributed by atoms with E-state index in [1.165, 1.54) is 62.5 Å². The SMILES string of the molecule is N#Cc1ccc(-c2ccc(OCCCCCCCCOc3ccccc3OCCCCCCCCOc3ccc(-c4ccc(OCCCCCCCCOc5ccccc5OCCCCCCCCOc5ccc(-c6ccc(C#N)cc6)cc5)cc4)cc3)cc2)cc1. The summed E-state index contributed by atoms with van der Waals surface area (Å²) in [6, 6.07) is 68.9. The van der Waals surface area contributed by atoms with Gasteiger partial charge in [-0.05, 0) is 182 Å². The van der Waals surface area contributed by atoms with Crippen molar-refractivity contribution in [2.24, 2.45) is 0 Å². The van der Waals surface area contributed by atoms with Crippen molar-refractivity contribution in [3.05, 3.63) is 205 Å². The first-order valence-electron chi connectivity index (χ1n) is 34.2. The molecule has 92 heavy (non-hydrogen) atoms. The van der Waals surface area contributed by atoms with Crippen molar-refractivity contribution in [2.45, 2.75) is 154 Å². The number of ether oxygens (including phenoxy) is 8. The van der Waals surface area contributed by atoms with Gasteiger partial charge in [-0.25, -0.2) is 0 Å². The molecule has 0 atom stereocenters. The Kier molecular flexibility index (Phi) is 31.7. The van der Waals surface area contributed by atoms with Crippen molar-refractivity contribution in [2.75, 3.05) is 52.9 Å². The molecule has 0 amide bonds. The quantitative estimate of drug-likeness (QED) is 0.0341. The molecule has 482 valence electrons. The van der Waals surface area contributed by atoms with Gasteiger partial charge in [0.25, 0.3) is 0 Å². The zero-order valence-corrected chi connectivity index (χ0v) is 54.3. The molecular formula is C82H96N2O8. The zero-order valence-electron chi connectivity index (χ0n) is 54.3. The third-order valence-corrected chi connectivity index (χ3v) is 16.4. The maximum Gasteiger partial charge on any atom is 0.161 e. The Balaban J connectivity index is 0.554. The van der Waals surface area contributed by atoms with E-state index in [1.807, 2.05) is 121 Å². The molecule has 0 bridgehead atoms. The summed E-state index contributed by atoms with van der Waals surface area (Å²) in [5.74, 6) is 6.96. The summed E-state index contributed by atoms with van der Waals surface area (Å²) < 4.78 is 48.8. The molecule has 0 aromatic heterocycles. The normalized spacial score (nSPS) is 10.9. The fourth-order valence-electron chi connectivity index (χ4n) is 11.0. The number of hydrogen-bond acceptors (Lipinski definition) is 10. The number of unbranched alkanes of at least 4 members (excludes halogenated alkanes) is 20. The maximum atomic E-state index is 9.04. The molecule has 0 N–H and O–H groups in total. The Morgan fingerprint density at radius 2 is 0.348 bits per heavy atom. The van der Waals surface area contributed by atoms with Crippen LogP contribution in [0, 0.1) is 22.7 Å². The van der Waals surface area contributed by atoms with E-state index in [2.05, 4.69) is 84.9 Å². The Hall–Kier alpha value is -8.86. The molecule has 0 fully saturated rings. The van der Waals surface area contributed by atoms with Gasteiger partial charge in [-0.2, -0.15) is 10.5 Å². The molecule has 8 aromatic carbocycles. The Morgan fingerprint density at radius 1 is 0.185 bits per heavy atom. The molecule has 0 heterocycles. The van der Waals surface area contributed by atoms with Crippen molar-refractivity contribution in [1.82, 2.24) is 0 Å².